The van der Waals surface area contributed by atoms with Gasteiger partial charge in [0.1, 0.15) is 23.5 Å². The third kappa shape index (κ3) is 8.26. The molecule has 8 N–H and O–H groups in total. The molecule has 1 aromatic rings. The maximum atomic E-state index is 12.7. The van der Waals surface area contributed by atoms with E-state index in [0.717, 1.165) is 24.3 Å². The zero-order valence-corrected chi connectivity index (χ0v) is 19.0. The quantitative estimate of drug-likeness (QED) is 0.265. The third-order valence-electron chi connectivity index (χ3n) is 5.35. The predicted molar refractivity (Wildman–Crippen MR) is 116 cm³/mol. The summed E-state index contributed by atoms with van der Waals surface area (Å²) in [5.41, 5.74) is 3.15. The Hall–Kier alpha value is -3.10. The molecule has 35 heavy (non-hydrogen) atoms. The molecule has 1 aliphatic rings. The van der Waals surface area contributed by atoms with Gasteiger partial charge in [-0.3, -0.25) is 9.59 Å². The molecule has 1 aromatic carbocycles. The van der Waals surface area contributed by atoms with Crippen molar-refractivity contribution in [2.75, 3.05) is 5.32 Å². The van der Waals surface area contributed by atoms with Crippen molar-refractivity contribution >= 4 is 23.5 Å². The Morgan fingerprint density at radius 2 is 1.77 bits per heavy atom. The fraction of sp³-hybridized carbons (Fsp3) is 0.571. The molecule has 0 heterocycles. The van der Waals surface area contributed by atoms with E-state index in [1.54, 1.807) is 13.8 Å². The minimum absolute atomic E-state index is 0.00610. The lowest BCUT2D eigenvalue weighted by atomic mass is 9.77. The van der Waals surface area contributed by atoms with Crippen molar-refractivity contribution in [1.29, 1.82) is 0 Å². The largest absolute Gasteiger partial charge is 0.573 e. The van der Waals surface area contributed by atoms with Crippen LogP contribution in [0.1, 0.15) is 33.1 Å². The van der Waals surface area contributed by atoms with Gasteiger partial charge in [-0.2, -0.15) is 0 Å². The average Bonchev–Trinajstić information content (AvgIpc) is 2.71. The number of alkyl halides is 3. The molecule has 0 spiro atoms. The van der Waals surface area contributed by atoms with Crippen molar-refractivity contribution in [3.05, 3.63) is 24.3 Å². The molecule has 4 amide bonds. The smallest absolute Gasteiger partial charge is 0.406 e. The molecule has 11 nitrogen and oxygen atoms in total. The molecule has 14 heteroatoms. The number of ether oxygens (including phenoxy) is 1. The second-order valence-corrected chi connectivity index (χ2v) is 8.83. The molecule has 0 unspecified atom stereocenters. The predicted octanol–water partition coefficient (Wildman–Crippen LogP) is 0.338. The summed E-state index contributed by atoms with van der Waals surface area (Å²) in [7, 11) is 0. The number of aliphatic hydroxyl groups excluding tert-OH is 2. The number of urea groups is 1. The Kier molecular flexibility index (Phi) is 8.92. The van der Waals surface area contributed by atoms with Gasteiger partial charge in [0.05, 0.1) is 12.1 Å². The summed E-state index contributed by atoms with van der Waals surface area (Å²) in [4.78, 5) is 36.7. The number of rotatable bonds is 8. The van der Waals surface area contributed by atoms with Gasteiger partial charge in [-0.15, -0.1) is 13.2 Å². The molecule has 0 radical (unpaired) electrons. The van der Waals surface area contributed by atoms with E-state index in [1.807, 2.05) is 0 Å². The van der Waals surface area contributed by atoms with Crippen LogP contribution in [-0.2, 0) is 9.59 Å². The van der Waals surface area contributed by atoms with Gasteiger partial charge in [-0.1, -0.05) is 13.8 Å². The monoisotopic (exact) mass is 506 g/mol. The Balaban J connectivity index is 2.05. The maximum absolute atomic E-state index is 12.7. The van der Waals surface area contributed by atoms with Crippen molar-refractivity contribution < 1.29 is 47.6 Å². The number of amides is 4. The number of anilines is 1. The first-order chi connectivity index (χ1) is 16.1. The fourth-order valence-electron chi connectivity index (χ4n) is 3.71. The molecule has 0 saturated heterocycles. The normalized spacial score (nSPS) is 25.5. The topological polar surface area (TPSA) is 183 Å². The summed E-state index contributed by atoms with van der Waals surface area (Å²) in [5.74, 6) is -2.32. The van der Waals surface area contributed by atoms with Crippen molar-refractivity contribution in [3.8, 4) is 5.75 Å². The van der Waals surface area contributed by atoms with Crippen LogP contribution >= 0.6 is 0 Å². The standard InChI is InChI=1S/C21H29F3N4O7/c1-10(2)7-13(17(25)31)27-18(32)20(34)8-14(16(30)15(29)9-20)28-19(33)26-11-3-5-12(6-4-11)35-21(22,23)24/h3-6,10,13-16,29-30,34H,7-9H2,1-2H3,(H2,25,31)(H,27,32)(H2,26,28,33)/t13-,14+,15-,16-,20+/m1/s1. The molecular weight excluding hydrogens is 477 g/mol. The van der Waals surface area contributed by atoms with E-state index in [4.69, 9.17) is 5.73 Å². The Morgan fingerprint density at radius 3 is 2.29 bits per heavy atom. The zero-order chi connectivity index (χ0) is 26.6. The Labute approximate surface area is 198 Å². The minimum atomic E-state index is -4.88. The van der Waals surface area contributed by atoms with Crippen molar-refractivity contribution in [3.63, 3.8) is 0 Å². The average molecular weight is 506 g/mol. The summed E-state index contributed by atoms with van der Waals surface area (Å²) in [6, 6.07) is 0.916. The van der Waals surface area contributed by atoms with E-state index < -0.39 is 72.7 Å². The van der Waals surface area contributed by atoms with Crippen LogP contribution in [0.25, 0.3) is 0 Å². The summed E-state index contributed by atoms with van der Waals surface area (Å²) in [5, 5.41) is 38.3. The van der Waals surface area contributed by atoms with Gasteiger partial charge in [-0.05, 0) is 36.6 Å². The number of halogens is 3. The highest BCUT2D eigenvalue weighted by Crippen LogP contribution is 2.30. The zero-order valence-electron chi connectivity index (χ0n) is 19.0. The first-order valence-corrected chi connectivity index (χ1v) is 10.7. The van der Waals surface area contributed by atoms with Gasteiger partial charge in [0, 0.05) is 18.5 Å². The van der Waals surface area contributed by atoms with Crippen LogP contribution in [0.3, 0.4) is 0 Å². The van der Waals surface area contributed by atoms with E-state index in [0.29, 0.717) is 0 Å². The Bertz CT molecular complexity index is 913. The summed E-state index contributed by atoms with van der Waals surface area (Å²) in [6.07, 6.45) is -8.87. The van der Waals surface area contributed by atoms with E-state index in [1.165, 1.54) is 0 Å². The molecule has 1 saturated carbocycles. The number of benzene rings is 1. The first-order valence-electron chi connectivity index (χ1n) is 10.7. The van der Waals surface area contributed by atoms with Gasteiger partial charge in [0.15, 0.2) is 0 Å². The summed E-state index contributed by atoms with van der Waals surface area (Å²) < 4.78 is 40.5. The Morgan fingerprint density at radius 1 is 1.17 bits per heavy atom. The van der Waals surface area contributed by atoms with Crippen LogP contribution in [0.15, 0.2) is 24.3 Å². The highest BCUT2D eigenvalue weighted by Gasteiger charge is 2.49. The fourth-order valence-corrected chi connectivity index (χ4v) is 3.71. The highest BCUT2D eigenvalue weighted by atomic mass is 19.4. The van der Waals surface area contributed by atoms with Crippen LogP contribution < -0.4 is 26.4 Å². The second-order valence-electron chi connectivity index (χ2n) is 8.83. The summed E-state index contributed by atoms with van der Waals surface area (Å²) in [6.45, 7) is 3.60. The van der Waals surface area contributed by atoms with Gasteiger partial charge < -0.3 is 41.7 Å². The number of aliphatic hydroxyl groups is 3. The molecule has 2 rings (SSSR count). The molecule has 196 valence electrons. The number of nitrogens with one attached hydrogen (secondary N) is 3. The number of primary amides is 1. The molecule has 5 atom stereocenters. The van der Waals surface area contributed by atoms with E-state index in [2.05, 4.69) is 20.7 Å². The maximum Gasteiger partial charge on any atom is 0.573 e. The second kappa shape index (κ2) is 11.1. The van der Waals surface area contributed by atoms with E-state index in [9.17, 15) is 42.9 Å². The first kappa shape index (κ1) is 28.1. The SMILES string of the molecule is CC(C)C[C@@H](NC(=O)[C@@]1(O)C[C@@H](O)[C@H](O)[C@@H](NC(=O)Nc2ccc(OC(F)(F)F)cc2)C1)C(N)=O. The number of carbonyl (C=O) groups is 3. The number of hydrogen-bond donors (Lipinski definition) is 7. The van der Waals surface area contributed by atoms with Gasteiger partial charge in [-0.25, -0.2) is 4.79 Å². The molecular formula is C21H29F3N4O7. The summed E-state index contributed by atoms with van der Waals surface area (Å²) >= 11 is 0. The van der Waals surface area contributed by atoms with Gasteiger partial charge >= 0.3 is 12.4 Å². The van der Waals surface area contributed by atoms with Gasteiger partial charge in [0.2, 0.25) is 5.91 Å². The van der Waals surface area contributed by atoms with Crippen LogP contribution in [-0.4, -0.2) is 69.4 Å². The lowest BCUT2D eigenvalue weighted by Crippen LogP contribution is -2.64. The molecule has 1 aliphatic carbocycles. The minimum Gasteiger partial charge on any atom is -0.406 e. The lowest BCUT2D eigenvalue weighted by molar-refractivity contribution is -0.274. The van der Waals surface area contributed by atoms with Crippen molar-refractivity contribution in [2.24, 2.45) is 11.7 Å². The van der Waals surface area contributed by atoms with Crippen LogP contribution in [0.2, 0.25) is 0 Å². The molecule has 0 aliphatic heterocycles. The molecule has 0 bridgehead atoms. The lowest BCUT2D eigenvalue weighted by Gasteiger charge is -2.41. The van der Waals surface area contributed by atoms with Crippen molar-refractivity contribution in [2.45, 2.75) is 69.4 Å². The van der Waals surface area contributed by atoms with Crippen LogP contribution in [0.4, 0.5) is 23.7 Å². The molecule has 1 fully saturated rings. The number of nitrogens with two attached hydrogens (primary N) is 1. The highest BCUT2D eigenvalue weighted by molar-refractivity contribution is 5.92. The van der Waals surface area contributed by atoms with Crippen LogP contribution in [0.5, 0.6) is 5.75 Å². The third-order valence-corrected chi connectivity index (χ3v) is 5.35. The van der Waals surface area contributed by atoms with Gasteiger partial charge in [0.25, 0.3) is 5.91 Å². The number of carbonyl (C=O) groups excluding carboxylic acids is 3. The van der Waals surface area contributed by atoms with E-state index in [-0.39, 0.29) is 18.0 Å². The van der Waals surface area contributed by atoms with Crippen molar-refractivity contribution in [1.82, 2.24) is 10.6 Å². The number of hydrogen-bond acceptors (Lipinski definition) is 7. The van der Waals surface area contributed by atoms with E-state index >= 15 is 0 Å². The van der Waals surface area contributed by atoms with Crippen LogP contribution in [0, 0.1) is 5.92 Å². The molecule has 0 aromatic heterocycles.